The quantitative estimate of drug-likeness (QED) is 0.728. The molecule has 2 heterocycles. The molecule has 0 saturated heterocycles. The Morgan fingerprint density at radius 3 is 2.81 bits per heavy atom. The molecule has 16 heavy (non-hydrogen) atoms. The van der Waals surface area contributed by atoms with E-state index in [1.165, 1.54) is 17.5 Å². The summed E-state index contributed by atoms with van der Waals surface area (Å²) in [6, 6.07) is 0. The molecule has 0 unspecified atom stereocenters. The normalized spacial score (nSPS) is 21.0. The summed E-state index contributed by atoms with van der Waals surface area (Å²) in [5.41, 5.74) is 1.03. The number of hydrogen-bond donors (Lipinski definition) is 1. The smallest absolute Gasteiger partial charge is 0.258 e. The van der Waals surface area contributed by atoms with Crippen LogP contribution in [-0.2, 0) is 4.79 Å². The summed E-state index contributed by atoms with van der Waals surface area (Å²) < 4.78 is 1.33. The van der Waals surface area contributed by atoms with Gasteiger partial charge in [-0.1, -0.05) is 12.8 Å². The molecule has 1 aliphatic heterocycles. The Kier molecular flexibility index (Phi) is 2.05. The molecule has 1 fully saturated rings. The van der Waals surface area contributed by atoms with Gasteiger partial charge in [0, 0.05) is 5.56 Å². The summed E-state index contributed by atoms with van der Waals surface area (Å²) >= 11 is 0. The van der Waals surface area contributed by atoms with E-state index in [-0.39, 0.29) is 18.2 Å². The zero-order valence-corrected chi connectivity index (χ0v) is 8.90. The minimum Gasteiger partial charge on any atom is -0.310 e. The van der Waals surface area contributed by atoms with Gasteiger partial charge < -0.3 is 5.32 Å². The van der Waals surface area contributed by atoms with Crippen molar-refractivity contribution in [1.82, 2.24) is 9.78 Å². The Balaban J connectivity index is 2.02. The van der Waals surface area contributed by atoms with Gasteiger partial charge in [0.15, 0.2) is 0 Å². The average molecular weight is 219 g/mol. The fourth-order valence-corrected chi connectivity index (χ4v) is 2.60. The molecule has 0 aromatic carbocycles. The van der Waals surface area contributed by atoms with Crippen LogP contribution in [0.2, 0.25) is 0 Å². The molecular formula is C11H13N3O2. The molecule has 1 amide bonds. The number of carbonyl (C=O) groups is 2. The highest BCUT2D eigenvalue weighted by Crippen LogP contribution is 2.38. The maximum Gasteiger partial charge on any atom is 0.258 e. The lowest BCUT2D eigenvalue weighted by atomic mass is 10.00. The van der Waals surface area contributed by atoms with Gasteiger partial charge >= 0.3 is 0 Å². The highest BCUT2D eigenvalue weighted by Gasteiger charge is 2.29. The van der Waals surface area contributed by atoms with Gasteiger partial charge in [-0.2, -0.15) is 9.78 Å². The fourth-order valence-electron chi connectivity index (χ4n) is 2.60. The van der Waals surface area contributed by atoms with Crippen molar-refractivity contribution in [1.29, 1.82) is 0 Å². The van der Waals surface area contributed by atoms with E-state index in [1.807, 2.05) is 0 Å². The first kappa shape index (κ1) is 9.57. The number of rotatable bonds is 1. The van der Waals surface area contributed by atoms with Gasteiger partial charge in [-0.05, 0) is 18.8 Å². The van der Waals surface area contributed by atoms with E-state index in [0.717, 1.165) is 18.4 Å². The monoisotopic (exact) mass is 219 g/mol. The van der Waals surface area contributed by atoms with Crippen LogP contribution in [0.3, 0.4) is 0 Å². The van der Waals surface area contributed by atoms with Crippen LogP contribution in [-0.4, -0.2) is 21.6 Å². The predicted molar refractivity (Wildman–Crippen MR) is 57.3 cm³/mol. The van der Waals surface area contributed by atoms with Gasteiger partial charge in [0.25, 0.3) is 5.91 Å². The Morgan fingerprint density at radius 2 is 2.06 bits per heavy atom. The molecular weight excluding hydrogens is 206 g/mol. The van der Waals surface area contributed by atoms with Gasteiger partial charge in [-0.25, -0.2) is 0 Å². The first-order chi connectivity index (χ1) is 7.75. The van der Waals surface area contributed by atoms with Crippen LogP contribution in [0.15, 0.2) is 6.20 Å². The highest BCUT2D eigenvalue weighted by molar-refractivity contribution is 6.09. The van der Waals surface area contributed by atoms with Crippen molar-refractivity contribution in [3.05, 3.63) is 11.8 Å². The van der Waals surface area contributed by atoms with Crippen LogP contribution in [0.25, 0.3) is 0 Å². The number of aromatic nitrogens is 2. The molecule has 84 valence electrons. The molecule has 1 aliphatic carbocycles. The largest absolute Gasteiger partial charge is 0.310 e. The maximum atomic E-state index is 11.6. The lowest BCUT2D eigenvalue weighted by molar-refractivity contribution is -0.115. The number of anilines is 1. The molecule has 3 rings (SSSR count). The summed E-state index contributed by atoms with van der Waals surface area (Å²) in [5, 5.41) is 6.83. The molecule has 0 spiro atoms. The zero-order valence-electron chi connectivity index (χ0n) is 8.90. The lowest BCUT2D eigenvalue weighted by Crippen LogP contribution is -2.30. The summed E-state index contributed by atoms with van der Waals surface area (Å²) in [6.45, 7) is 0. The van der Waals surface area contributed by atoms with E-state index in [0.29, 0.717) is 11.7 Å². The third kappa shape index (κ3) is 1.35. The third-order valence-corrected chi connectivity index (χ3v) is 3.40. The van der Waals surface area contributed by atoms with Gasteiger partial charge in [-0.3, -0.25) is 9.59 Å². The molecule has 1 saturated carbocycles. The molecule has 0 radical (unpaired) electrons. The molecule has 0 atom stereocenters. The van der Waals surface area contributed by atoms with Crippen molar-refractivity contribution >= 4 is 17.6 Å². The van der Waals surface area contributed by atoms with Gasteiger partial charge in [0.1, 0.15) is 12.2 Å². The van der Waals surface area contributed by atoms with E-state index in [4.69, 9.17) is 0 Å². The van der Waals surface area contributed by atoms with Crippen LogP contribution < -0.4 is 5.32 Å². The second-order valence-electron chi connectivity index (χ2n) is 4.46. The topological polar surface area (TPSA) is 64.0 Å². The molecule has 2 aliphatic rings. The van der Waals surface area contributed by atoms with Crippen LogP contribution in [0.4, 0.5) is 5.82 Å². The minimum absolute atomic E-state index is 0.0984. The first-order valence-corrected chi connectivity index (χ1v) is 5.66. The molecule has 5 heteroatoms. The van der Waals surface area contributed by atoms with Crippen molar-refractivity contribution < 1.29 is 9.59 Å². The molecule has 1 aromatic rings. The van der Waals surface area contributed by atoms with E-state index in [1.54, 1.807) is 6.20 Å². The number of amides is 1. The third-order valence-electron chi connectivity index (χ3n) is 3.40. The van der Waals surface area contributed by atoms with Crippen molar-refractivity contribution in [2.45, 2.75) is 38.0 Å². The maximum absolute atomic E-state index is 11.6. The number of hydrogen-bond acceptors (Lipinski definition) is 3. The first-order valence-electron chi connectivity index (χ1n) is 5.66. The van der Waals surface area contributed by atoms with Crippen molar-refractivity contribution in [2.75, 3.05) is 5.32 Å². The Morgan fingerprint density at radius 1 is 1.31 bits per heavy atom. The van der Waals surface area contributed by atoms with Crippen LogP contribution in [0.5, 0.6) is 0 Å². The number of nitrogens with zero attached hydrogens (tertiary/aromatic N) is 2. The summed E-state index contributed by atoms with van der Waals surface area (Å²) in [4.78, 5) is 22.9. The van der Waals surface area contributed by atoms with Gasteiger partial charge in [0.2, 0.25) is 5.91 Å². The van der Waals surface area contributed by atoms with E-state index < -0.39 is 0 Å². The number of fused-ring (bicyclic) bond motifs is 1. The number of carbonyl (C=O) groups excluding carboxylic acids is 2. The van der Waals surface area contributed by atoms with Crippen LogP contribution in [0, 0.1) is 0 Å². The van der Waals surface area contributed by atoms with E-state index in [9.17, 15) is 9.59 Å². The second-order valence-corrected chi connectivity index (χ2v) is 4.46. The Labute approximate surface area is 92.8 Å². The van der Waals surface area contributed by atoms with Crippen molar-refractivity contribution in [2.24, 2.45) is 0 Å². The van der Waals surface area contributed by atoms with Crippen molar-refractivity contribution in [3.63, 3.8) is 0 Å². The Hall–Kier alpha value is -1.65. The molecule has 0 bridgehead atoms. The van der Waals surface area contributed by atoms with Gasteiger partial charge in [-0.15, -0.1) is 0 Å². The SMILES string of the molecule is O=C1CC(=O)n2ncc(C3CCCC3)c2N1. The fraction of sp³-hybridized carbons (Fsp3) is 0.545. The summed E-state index contributed by atoms with van der Waals surface area (Å²) in [7, 11) is 0. The number of nitrogens with one attached hydrogen (secondary N) is 1. The predicted octanol–water partition coefficient (Wildman–Crippen LogP) is 1.52. The van der Waals surface area contributed by atoms with E-state index in [2.05, 4.69) is 10.4 Å². The van der Waals surface area contributed by atoms with Gasteiger partial charge in [0.05, 0.1) is 6.20 Å². The molecule has 5 nitrogen and oxygen atoms in total. The molecule has 1 aromatic heterocycles. The summed E-state index contributed by atoms with van der Waals surface area (Å²) in [6.07, 6.45) is 6.33. The zero-order chi connectivity index (χ0) is 11.1. The van der Waals surface area contributed by atoms with E-state index >= 15 is 0 Å². The Bertz CT molecular complexity index is 458. The second kappa shape index (κ2) is 3.43. The highest BCUT2D eigenvalue weighted by atomic mass is 16.2. The average Bonchev–Trinajstić information content (AvgIpc) is 2.83. The lowest BCUT2D eigenvalue weighted by Gasteiger charge is -2.16. The van der Waals surface area contributed by atoms with Crippen LogP contribution in [0.1, 0.15) is 48.4 Å². The minimum atomic E-state index is -0.233. The standard InChI is InChI=1S/C11H13N3O2/c15-9-5-10(16)14-11(13-9)8(6-12-14)7-3-1-2-4-7/h6-7H,1-5H2,(H,13,15). The molecule has 1 N–H and O–H groups in total. The summed E-state index contributed by atoms with van der Waals surface area (Å²) in [5.74, 6) is 0.600. The van der Waals surface area contributed by atoms with Crippen LogP contribution >= 0.6 is 0 Å². The van der Waals surface area contributed by atoms with Crippen molar-refractivity contribution in [3.8, 4) is 0 Å².